The van der Waals surface area contributed by atoms with Crippen LogP contribution in [0.3, 0.4) is 0 Å². The summed E-state index contributed by atoms with van der Waals surface area (Å²) in [4.78, 5) is 36.2. The fourth-order valence-electron chi connectivity index (χ4n) is 4.98. The number of nitrogens with zero attached hydrogens (tertiary/aromatic N) is 3. The Kier molecular flexibility index (Phi) is 7.10. The number of primary amides is 1. The number of nitrogens with one attached hydrogen (secondary N) is 1. The van der Waals surface area contributed by atoms with Crippen LogP contribution in [-0.4, -0.2) is 52.9 Å². The van der Waals surface area contributed by atoms with Gasteiger partial charge in [0.25, 0.3) is 11.8 Å². The fraction of sp³-hybridized carbons (Fsp3) is 0.241. The van der Waals surface area contributed by atoms with E-state index in [1.165, 1.54) is 6.07 Å². The fourth-order valence-corrected chi connectivity index (χ4v) is 5.27. The van der Waals surface area contributed by atoms with Crippen LogP contribution < -0.4 is 11.1 Å². The predicted molar refractivity (Wildman–Crippen MR) is 147 cm³/mol. The quantitative estimate of drug-likeness (QED) is 0.365. The molecule has 1 fully saturated rings. The van der Waals surface area contributed by atoms with E-state index in [9.17, 15) is 14.0 Å². The first-order valence-electron chi connectivity index (χ1n) is 12.4. The third-order valence-corrected chi connectivity index (χ3v) is 7.03. The Bertz CT molecular complexity index is 1550. The summed E-state index contributed by atoms with van der Waals surface area (Å²) < 4.78 is 14.8. The number of hydrogen-bond donors (Lipinski definition) is 2. The summed E-state index contributed by atoms with van der Waals surface area (Å²) in [5.41, 5.74) is 9.01. The smallest absolute Gasteiger partial charge is 0.267 e. The number of carbonyl (C=O) groups is 2. The van der Waals surface area contributed by atoms with Crippen LogP contribution >= 0.6 is 11.6 Å². The van der Waals surface area contributed by atoms with Gasteiger partial charge in [-0.25, -0.2) is 9.37 Å². The van der Waals surface area contributed by atoms with Crippen molar-refractivity contribution in [3.05, 3.63) is 82.4 Å². The zero-order valence-corrected chi connectivity index (χ0v) is 21.8. The largest absolute Gasteiger partial charge is 0.364 e. The number of aromatic nitrogens is 2. The molecule has 3 N–H and O–H groups in total. The van der Waals surface area contributed by atoms with Crippen molar-refractivity contribution in [1.82, 2.24) is 20.2 Å². The van der Waals surface area contributed by atoms with Gasteiger partial charge in [0, 0.05) is 47.4 Å². The number of aryl methyl sites for hydroxylation is 1. The predicted octanol–water partition coefficient (Wildman–Crippen LogP) is 4.99. The van der Waals surface area contributed by atoms with E-state index in [1.807, 2.05) is 19.1 Å². The second kappa shape index (κ2) is 10.5. The molecule has 0 radical (unpaired) electrons. The van der Waals surface area contributed by atoms with Crippen molar-refractivity contribution in [3.8, 4) is 22.4 Å². The van der Waals surface area contributed by atoms with Crippen LogP contribution in [0.15, 0.2) is 54.7 Å². The van der Waals surface area contributed by atoms with Gasteiger partial charge in [0.05, 0.1) is 11.1 Å². The molecular formula is C29H27ClFN5O2. The second-order valence-electron chi connectivity index (χ2n) is 9.67. The van der Waals surface area contributed by atoms with Crippen molar-refractivity contribution < 1.29 is 14.0 Å². The molecule has 1 aliphatic heterocycles. The number of nitrogens with two attached hydrogens (primary N) is 1. The molecule has 38 heavy (non-hydrogen) atoms. The molecule has 5 rings (SSSR count). The van der Waals surface area contributed by atoms with Crippen molar-refractivity contribution in [2.75, 3.05) is 20.1 Å². The molecule has 9 heteroatoms. The highest BCUT2D eigenvalue weighted by Crippen LogP contribution is 2.34. The molecule has 2 aromatic heterocycles. The Morgan fingerprint density at radius 3 is 2.68 bits per heavy atom. The minimum atomic E-state index is -0.759. The summed E-state index contributed by atoms with van der Waals surface area (Å²) in [6, 6.07) is 13.3. The highest BCUT2D eigenvalue weighted by atomic mass is 35.5. The Morgan fingerprint density at radius 2 is 1.97 bits per heavy atom. The van der Waals surface area contributed by atoms with Gasteiger partial charge in [-0.05, 0) is 73.8 Å². The van der Waals surface area contributed by atoms with Crippen LogP contribution in [0.1, 0.15) is 39.3 Å². The molecule has 7 nitrogen and oxygen atoms in total. The number of fused-ring (bicyclic) bond motifs is 1. The van der Waals surface area contributed by atoms with Crippen LogP contribution in [0.5, 0.6) is 0 Å². The molecule has 0 unspecified atom stereocenters. The first-order chi connectivity index (χ1) is 18.2. The number of hydrogen-bond acceptors (Lipinski definition) is 5. The van der Waals surface area contributed by atoms with Crippen molar-refractivity contribution >= 4 is 34.3 Å². The van der Waals surface area contributed by atoms with Crippen LogP contribution in [0.2, 0.25) is 5.02 Å². The van der Waals surface area contributed by atoms with Crippen molar-refractivity contribution in [2.24, 2.45) is 5.73 Å². The maximum atomic E-state index is 14.8. The van der Waals surface area contributed by atoms with Crippen LogP contribution in [0.25, 0.3) is 33.3 Å². The number of carbonyl (C=O) groups excluding carboxylic acids is 2. The summed E-state index contributed by atoms with van der Waals surface area (Å²) in [5, 5.41) is 4.52. The lowest BCUT2D eigenvalue weighted by molar-refractivity contribution is 0.0786. The van der Waals surface area contributed by atoms with E-state index in [1.54, 1.807) is 42.4 Å². The third-order valence-electron chi connectivity index (χ3n) is 6.81. The standard InChI is InChI=1S/C29H27ClFN5O2/c1-16-10-18(12-19(30)11-16)22-14-34-24-7-5-17(27-23(31)6-8-25(35-27)28(32)37)13-21(24)26(22)29(38)36(2)15-20-4-3-9-33-20/h5-8,10-14,20,33H,3-4,9,15H2,1-2H3,(H2,32,37)/t20-/m0/s1. The lowest BCUT2D eigenvalue weighted by atomic mass is 9.94. The van der Waals surface area contributed by atoms with Gasteiger partial charge in [-0.3, -0.25) is 14.6 Å². The SMILES string of the molecule is Cc1cc(Cl)cc(-c2cnc3ccc(-c4nc(C(N)=O)ccc4F)cc3c2C(=O)N(C)C[C@@H]2CCCN2)c1. The van der Waals surface area contributed by atoms with Gasteiger partial charge < -0.3 is 16.0 Å². The maximum absolute atomic E-state index is 14.8. The lowest BCUT2D eigenvalue weighted by Crippen LogP contribution is -2.38. The van der Waals surface area contributed by atoms with Gasteiger partial charge in [-0.15, -0.1) is 0 Å². The number of benzene rings is 2. The average Bonchev–Trinajstić information content (AvgIpc) is 3.40. The molecule has 0 saturated carbocycles. The molecule has 194 valence electrons. The second-order valence-corrected chi connectivity index (χ2v) is 10.1. The van der Waals surface area contributed by atoms with E-state index in [4.69, 9.17) is 17.3 Å². The minimum Gasteiger partial charge on any atom is -0.364 e. The third kappa shape index (κ3) is 5.10. The van der Waals surface area contributed by atoms with Crippen LogP contribution in [0, 0.1) is 12.7 Å². The molecule has 0 aliphatic carbocycles. The molecular weight excluding hydrogens is 505 g/mol. The molecule has 1 atom stereocenters. The Labute approximate surface area is 224 Å². The normalized spacial score (nSPS) is 15.1. The van der Waals surface area contributed by atoms with Crippen LogP contribution in [-0.2, 0) is 0 Å². The number of amides is 2. The summed E-state index contributed by atoms with van der Waals surface area (Å²) in [7, 11) is 1.78. The van der Waals surface area contributed by atoms with Gasteiger partial charge >= 0.3 is 0 Å². The monoisotopic (exact) mass is 531 g/mol. The first-order valence-corrected chi connectivity index (χ1v) is 12.7. The molecule has 4 aromatic rings. The summed E-state index contributed by atoms with van der Waals surface area (Å²) >= 11 is 6.38. The number of halogens is 2. The Hall–Kier alpha value is -3.88. The summed E-state index contributed by atoms with van der Waals surface area (Å²) in [6.07, 6.45) is 3.75. The lowest BCUT2D eigenvalue weighted by Gasteiger charge is -2.24. The van der Waals surface area contributed by atoms with Crippen molar-refractivity contribution in [2.45, 2.75) is 25.8 Å². The molecule has 3 heterocycles. The Balaban J connectivity index is 1.71. The molecule has 2 amide bonds. The van der Waals surface area contributed by atoms with Gasteiger partial charge in [0.15, 0.2) is 0 Å². The average molecular weight is 532 g/mol. The van der Waals surface area contributed by atoms with Gasteiger partial charge in [0.2, 0.25) is 0 Å². The molecule has 1 saturated heterocycles. The van der Waals surface area contributed by atoms with E-state index in [0.717, 1.165) is 36.6 Å². The van der Waals surface area contributed by atoms with E-state index in [0.29, 0.717) is 39.2 Å². The zero-order chi connectivity index (χ0) is 27.0. The van der Waals surface area contributed by atoms with Crippen LogP contribution in [0.4, 0.5) is 4.39 Å². The minimum absolute atomic E-state index is 0.0332. The highest BCUT2D eigenvalue weighted by Gasteiger charge is 2.25. The van der Waals surface area contributed by atoms with Crippen molar-refractivity contribution in [3.63, 3.8) is 0 Å². The number of likely N-dealkylation sites (N-methyl/N-ethyl adjacent to an activating group) is 1. The molecule has 0 bridgehead atoms. The van der Waals surface area contributed by atoms with E-state index >= 15 is 0 Å². The van der Waals surface area contributed by atoms with Gasteiger partial charge in [-0.1, -0.05) is 23.7 Å². The van der Waals surface area contributed by atoms with E-state index in [-0.39, 0.29) is 23.3 Å². The molecule has 2 aromatic carbocycles. The van der Waals surface area contributed by atoms with Crippen molar-refractivity contribution in [1.29, 1.82) is 0 Å². The highest BCUT2D eigenvalue weighted by molar-refractivity contribution is 6.31. The zero-order valence-electron chi connectivity index (χ0n) is 21.1. The van der Waals surface area contributed by atoms with E-state index in [2.05, 4.69) is 15.3 Å². The number of pyridine rings is 2. The van der Waals surface area contributed by atoms with Gasteiger partial charge in [0.1, 0.15) is 17.2 Å². The van der Waals surface area contributed by atoms with E-state index < -0.39 is 11.7 Å². The first kappa shape index (κ1) is 25.8. The summed E-state index contributed by atoms with van der Waals surface area (Å²) in [5.74, 6) is -1.55. The maximum Gasteiger partial charge on any atom is 0.267 e. The van der Waals surface area contributed by atoms with Gasteiger partial charge in [-0.2, -0.15) is 0 Å². The topological polar surface area (TPSA) is 101 Å². The Morgan fingerprint density at radius 1 is 1.16 bits per heavy atom. The summed E-state index contributed by atoms with van der Waals surface area (Å²) in [6.45, 7) is 3.42. The molecule has 1 aliphatic rings. The number of rotatable bonds is 6. The molecule has 0 spiro atoms.